The number of carbonyl (C=O) groups excluding carboxylic acids is 1. The molecule has 2 aliphatic carbocycles. The summed E-state index contributed by atoms with van der Waals surface area (Å²) < 4.78 is 0. The number of hydrogen-bond acceptors (Lipinski definition) is 3. The molecule has 1 aromatic heterocycles. The molecule has 0 aliphatic heterocycles. The van der Waals surface area contributed by atoms with Crippen LogP contribution in [-0.2, 0) is 12.8 Å². The first kappa shape index (κ1) is 16.8. The SMILES string of the molecule is CC1CCc2sc(C(=O)NC3CCC(N)CC3)cc2C1.Cl. The predicted molar refractivity (Wildman–Crippen MR) is 90.5 cm³/mol. The maximum Gasteiger partial charge on any atom is 0.261 e. The van der Waals surface area contributed by atoms with Crippen molar-refractivity contribution in [3.63, 3.8) is 0 Å². The lowest BCUT2D eigenvalue weighted by atomic mass is 9.90. The second-order valence-corrected chi connectivity index (χ2v) is 7.63. The van der Waals surface area contributed by atoms with E-state index >= 15 is 0 Å². The first-order chi connectivity index (χ1) is 9.61. The number of carbonyl (C=O) groups is 1. The number of amides is 1. The molecule has 21 heavy (non-hydrogen) atoms. The normalized spacial score (nSPS) is 28.4. The summed E-state index contributed by atoms with van der Waals surface area (Å²) in [6.07, 6.45) is 7.65. The Kier molecular flexibility index (Phi) is 5.69. The van der Waals surface area contributed by atoms with Crippen LogP contribution in [0.1, 0.15) is 59.1 Å². The number of rotatable bonds is 2. The fourth-order valence-electron chi connectivity index (χ4n) is 3.34. The summed E-state index contributed by atoms with van der Waals surface area (Å²) in [6, 6.07) is 2.78. The molecule has 1 atom stereocenters. The Labute approximate surface area is 137 Å². The van der Waals surface area contributed by atoms with Gasteiger partial charge in [-0.15, -0.1) is 23.7 Å². The molecule has 0 bridgehead atoms. The molecule has 118 valence electrons. The molecule has 0 radical (unpaired) electrons. The van der Waals surface area contributed by atoms with Gasteiger partial charge in [0.1, 0.15) is 0 Å². The zero-order valence-electron chi connectivity index (χ0n) is 12.6. The first-order valence-corrected chi connectivity index (χ1v) is 8.61. The highest BCUT2D eigenvalue weighted by atomic mass is 35.5. The van der Waals surface area contributed by atoms with E-state index in [0.29, 0.717) is 12.1 Å². The molecule has 1 heterocycles. The van der Waals surface area contributed by atoms with E-state index in [2.05, 4.69) is 18.3 Å². The highest BCUT2D eigenvalue weighted by molar-refractivity contribution is 7.14. The van der Waals surface area contributed by atoms with E-state index in [1.165, 1.54) is 16.9 Å². The van der Waals surface area contributed by atoms with E-state index < -0.39 is 0 Å². The summed E-state index contributed by atoms with van der Waals surface area (Å²) in [6.45, 7) is 2.30. The Morgan fingerprint density at radius 1 is 1.29 bits per heavy atom. The van der Waals surface area contributed by atoms with Crippen LogP contribution in [-0.4, -0.2) is 18.0 Å². The number of nitrogens with one attached hydrogen (secondary N) is 1. The molecule has 1 aromatic rings. The van der Waals surface area contributed by atoms with Gasteiger partial charge in [-0.2, -0.15) is 0 Å². The van der Waals surface area contributed by atoms with Crippen LogP contribution in [0, 0.1) is 5.92 Å². The van der Waals surface area contributed by atoms with Crippen molar-refractivity contribution in [2.45, 2.75) is 64.0 Å². The molecule has 0 spiro atoms. The van der Waals surface area contributed by atoms with Crippen LogP contribution >= 0.6 is 23.7 Å². The topological polar surface area (TPSA) is 55.1 Å². The van der Waals surface area contributed by atoms with Crippen LogP contribution in [0.5, 0.6) is 0 Å². The lowest BCUT2D eigenvalue weighted by Gasteiger charge is -2.26. The molecule has 2 aliphatic rings. The Morgan fingerprint density at radius 3 is 2.71 bits per heavy atom. The zero-order chi connectivity index (χ0) is 14.1. The maximum atomic E-state index is 12.4. The van der Waals surface area contributed by atoms with Gasteiger partial charge in [-0.3, -0.25) is 4.79 Å². The summed E-state index contributed by atoms with van der Waals surface area (Å²) in [4.78, 5) is 14.7. The molecule has 1 amide bonds. The Balaban J connectivity index is 0.00000161. The fraction of sp³-hybridized carbons (Fsp3) is 0.688. The second kappa shape index (κ2) is 7.12. The Bertz CT molecular complexity index is 494. The number of halogens is 1. The largest absolute Gasteiger partial charge is 0.349 e. The molecule has 1 saturated carbocycles. The van der Waals surface area contributed by atoms with Crippen LogP contribution in [0.2, 0.25) is 0 Å². The van der Waals surface area contributed by atoms with E-state index in [-0.39, 0.29) is 18.3 Å². The van der Waals surface area contributed by atoms with Crippen LogP contribution in [0.25, 0.3) is 0 Å². The number of nitrogens with two attached hydrogens (primary N) is 1. The fourth-order valence-corrected chi connectivity index (χ4v) is 4.45. The highest BCUT2D eigenvalue weighted by Crippen LogP contribution is 2.32. The second-order valence-electron chi connectivity index (χ2n) is 6.49. The quantitative estimate of drug-likeness (QED) is 0.875. The van der Waals surface area contributed by atoms with Crippen molar-refractivity contribution >= 4 is 29.7 Å². The van der Waals surface area contributed by atoms with Crippen molar-refractivity contribution in [3.8, 4) is 0 Å². The number of hydrogen-bond donors (Lipinski definition) is 2. The maximum absolute atomic E-state index is 12.4. The van der Waals surface area contributed by atoms with Crippen LogP contribution in [0.15, 0.2) is 6.07 Å². The van der Waals surface area contributed by atoms with Gasteiger partial charge >= 0.3 is 0 Å². The van der Waals surface area contributed by atoms with Gasteiger partial charge in [0.15, 0.2) is 0 Å². The van der Waals surface area contributed by atoms with Crippen molar-refractivity contribution in [2.24, 2.45) is 11.7 Å². The monoisotopic (exact) mass is 328 g/mol. The molecule has 5 heteroatoms. The van der Waals surface area contributed by atoms with Gasteiger partial charge in [0.25, 0.3) is 5.91 Å². The molecule has 1 unspecified atom stereocenters. The van der Waals surface area contributed by atoms with Crippen molar-refractivity contribution in [3.05, 3.63) is 21.4 Å². The lowest BCUT2D eigenvalue weighted by molar-refractivity contribution is 0.0930. The molecular formula is C16H25ClN2OS. The number of aryl methyl sites for hydroxylation is 1. The summed E-state index contributed by atoms with van der Waals surface area (Å²) in [5.41, 5.74) is 7.31. The van der Waals surface area contributed by atoms with E-state index in [1.807, 2.05) is 0 Å². The summed E-state index contributed by atoms with van der Waals surface area (Å²) in [5, 5.41) is 3.19. The summed E-state index contributed by atoms with van der Waals surface area (Å²) >= 11 is 1.70. The van der Waals surface area contributed by atoms with E-state index in [4.69, 9.17) is 5.73 Å². The van der Waals surface area contributed by atoms with Crippen molar-refractivity contribution < 1.29 is 4.79 Å². The molecule has 3 N–H and O–H groups in total. The molecule has 3 nitrogen and oxygen atoms in total. The van der Waals surface area contributed by atoms with Gasteiger partial charge in [-0.25, -0.2) is 0 Å². The Hall–Kier alpha value is -0.580. The van der Waals surface area contributed by atoms with Crippen molar-refractivity contribution in [2.75, 3.05) is 0 Å². The third-order valence-corrected chi connectivity index (χ3v) is 5.90. The summed E-state index contributed by atoms with van der Waals surface area (Å²) in [5.74, 6) is 0.880. The third-order valence-electron chi connectivity index (χ3n) is 4.66. The third kappa shape index (κ3) is 3.99. The average Bonchev–Trinajstić information content (AvgIpc) is 2.84. The number of fused-ring (bicyclic) bond motifs is 1. The van der Waals surface area contributed by atoms with Gasteiger partial charge in [-0.05, 0) is 62.5 Å². The minimum atomic E-state index is 0. The molecule has 1 fully saturated rings. The predicted octanol–water partition coefficient (Wildman–Crippen LogP) is 3.29. The van der Waals surface area contributed by atoms with Gasteiger partial charge in [0, 0.05) is 17.0 Å². The van der Waals surface area contributed by atoms with E-state index in [0.717, 1.165) is 49.3 Å². The van der Waals surface area contributed by atoms with Crippen LogP contribution in [0.4, 0.5) is 0 Å². The standard InChI is InChI=1S/C16H24N2OS.ClH/c1-10-2-7-14-11(8-10)9-15(20-14)16(19)18-13-5-3-12(17)4-6-13;/h9-10,12-13H,2-8,17H2,1H3,(H,18,19);1H. The first-order valence-electron chi connectivity index (χ1n) is 7.80. The van der Waals surface area contributed by atoms with Crippen molar-refractivity contribution in [1.29, 1.82) is 0 Å². The summed E-state index contributed by atoms with van der Waals surface area (Å²) in [7, 11) is 0. The smallest absolute Gasteiger partial charge is 0.261 e. The number of thiophene rings is 1. The van der Waals surface area contributed by atoms with E-state index in [9.17, 15) is 4.79 Å². The minimum absolute atomic E-state index is 0. The molecule has 0 aromatic carbocycles. The van der Waals surface area contributed by atoms with E-state index in [1.54, 1.807) is 11.3 Å². The molecular weight excluding hydrogens is 304 g/mol. The highest BCUT2D eigenvalue weighted by Gasteiger charge is 2.24. The van der Waals surface area contributed by atoms with Gasteiger partial charge < -0.3 is 11.1 Å². The van der Waals surface area contributed by atoms with Crippen LogP contribution < -0.4 is 11.1 Å². The molecule has 0 saturated heterocycles. The zero-order valence-corrected chi connectivity index (χ0v) is 14.2. The average molecular weight is 329 g/mol. The Morgan fingerprint density at radius 2 is 2.00 bits per heavy atom. The molecule has 3 rings (SSSR count). The lowest BCUT2D eigenvalue weighted by Crippen LogP contribution is -2.40. The van der Waals surface area contributed by atoms with Crippen LogP contribution in [0.3, 0.4) is 0 Å². The van der Waals surface area contributed by atoms with Gasteiger partial charge in [0.2, 0.25) is 0 Å². The minimum Gasteiger partial charge on any atom is -0.349 e. The van der Waals surface area contributed by atoms with Crippen molar-refractivity contribution in [1.82, 2.24) is 5.32 Å². The van der Waals surface area contributed by atoms with Gasteiger partial charge in [-0.1, -0.05) is 6.92 Å². The van der Waals surface area contributed by atoms with Gasteiger partial charge in [0.05, 0.1) is 4.88 Å².